The first-order valence-corrected chi connectivity index (χ1v) is 10.1. The van der Waals surface area contributed by atoms with Crippen LogP contribution in [0.1, 0.15) is 15.2 Å². The Morgan fingerprint density at radius 2 is 1.79 bits per heavy atom. The minimum Gasteiger partial charge on any atom is -0.322 e. The van der Waals surface area contributed by atoms with Crippen LogP contribution in [-0.2, 0) is 0 Å². The normalized spacial score (nSPS) is 10.8. The van der Waals surface area contributed by atoms with Gasteiger partial charge in [0.2, 0.25) is 0 Å². The van der Waals surface area contributed by atoms with E-state index < -0.39 is 23.1 Å². The summed E-state index contributed by atoms with van der Waals surface area (Å²) in [5.74, 6) is -2.60. The minimum absolute atomic E-state index is 0.462. The molecular formula is C21H14F2N2OS2. The quantitative estimate of drug-likeness (QED) is 0.423. The molecule has 28 heavy (non-hydrogen) atoms. The van der Waals surface area contributed by atoms with Gasteiger partial charge in [-0.25, -0.2) is 13.8 Å². The SMILES string of the molecule is Cc1sc(-c2nccs2)cc1-c1ccc(NC(=O)c2c(F)cccc2F)cc1. The van der Waals surface area contributed by atoms with Gasteiger partial charge in [-0.1, -0.05) is 18.2 Å². The predicted octanol–water partition coefficient (Wildman–Crippen LogP) is 6.38. The van der Waals surface area contributed by atoms with E-state index in [9.17, 15) is 13.6 Å². The molecule has 140 valence electrons. The third-order valence-corrected chi connectivity index (χ3v) is 6.20. The molecule has 2 aromatic heterocycles. The van der Waals surface area contributed by atoms with Crippen LogP contribution in [0.3, 0.4) is 0 Å². The molecule has 0 saturated carbocycles. The molecule has 0 aliphatic rings. The molecule has 0 radical (unpaired) electrons. The van der Waals surface area contributed by atoms with Gasteiger partial charge in [-0.05, 0) is 48.4 Å². The van der Waals surface area contributed by atoms with Crippen LogP contribution in [0.15, 0.2) is 60.1 Å². The maximum atomic E-state index is 13.7. The smallest absolute Gasteiger partial charge is 0.261 e. The Bertz CT molecular complexity index is 1120. The van der Waals surface area contributed by atoms with Crippen molar-refractivity contribution in [1.82, 2.24) is 4.98 Å². The van der Waals surface area contributed by atoms with Crippen molar-refractivity contribution >= 4 is 34.3 Å². The summed E-state index contributed by atoms with van der Waals surface area (Å²) < 4.78 is 27.5. The van der Waals surface area contributed by atoms with E-state index in [0.717, 1.165) is 38.0 Å². The van der Waals surface area contributed by atoms with Gasteiger partial charge in [-0.3, -0.25) is 4.79 Å². The molecule has 0 bridgehead atoms. The lowest BCUT2D eigenvalue weighted by molar-refractivity contribution is 0.101. The number of carbonyl (C=O) groups is 1. The van der Waals surface area contributed by atoms with E-state index in [1.54, 1.807) is 41.0 Å². The third-order valence-electron chi connectivity index (χ3n) is 4.20. The number of halogens is 2. The molecule has 1 N–H and O–H groups in total. The average molecular weight is 412 g/mol. The van der Waals surface area contributed by atoms with E-state index in [-0.39, 0.29) is 0 Å². The molecule has 2 heterocycles. The van der Waals surface area contributed by atoms with Crippen LogP contribution in [0, 0.1) is 18.6 Å². The number of anilines is 1. The molecule has 0 aliphatic heterocycles. The largest absolute Gasteiger partial charge is 0.322 e. The van der Waals surface area contributed by atoms with E-state index in [4.69, 9.17) is 0 Å². The maximum Gasteiger partial charge on any atom is 0.261 e. The van der Waals surface area contributed by atoms with Crippen LogP contribution in [-0.4, -0.2) is 10.9 Å². The lowest BCUT2D eigenvalue weighted by Crippen LogP contribution is -2.15. The van der Waals surface area contributed by atoms with Crippen molar-refractivity contribution in [3.8, 4) is 21.0 Å². The highest BCUT2D eigenvalue weighted by atomic mass is 32.1. The number of benzene rings is 2. The van der Waals surface area contributed by atoms with Crippen LogP contribution in [0.25, 0.3) is 21.0 Å². The monoisotopic (exact) mass is 412 g/mol. The van der Waals surface area contributed by atoms with Gasteiger partial charge in [-0.15, -0.1) is 22.7 Å². The van der Waals surface area contributed by atoms with Crippen molar-refractivity contribution in [2.45, 2.75) is 6.92 Å². The van der Waals surface area contributed by atoms with Crippen LogP contribution < -0.4 is 5.32 Å². The second-order valence-corrected chi connectivity index (χ2v) is 8.20. The van der Waals surface area contributed by atoms with Crippen molar-refractivity contribution in [2.24, 2.45) is 0 Å². The number of hydrogen-bond acceptors (Lipinski definition) is 4. The Labute approximate surface area is 168 Å². The number of aryl methyl sites for hydroxylation is 1. The summed E-state index contributed by atoms with van der Waals surface area (Å²) in [6.07, 6.45) is 1.78. The number of nitrogens with zero attached hydrogens (tertiary/aromatic N) is 1. The summed E-state index contributed by atoms with van der Waals surface area (Å²) in [6, 6.07) is 12.6. The summed E-state index contributed by atoms with van der Waals surface area (Å²) in [5.41, 5.74) is 1.96. The first kappa shape index (κ1) is 18.5. The van der Waals surface area contributed by atoms with Crippen LogP contribution in [0.2, 0.25) is 0 Å². The maximum absolute atomic E-state index is 13.7. The molecule has 2 aromatic carbocycles. The first-order valence-electron chi connectivity index (χ1n) is 8.39. The van der Waals surface area contributed by atoms with Crippen LogP contribution in [0.5, 0.6) is 0 Å². The van der Waals surface area contributed by atoms with Gasteiger partial charge in [0.15, 0.2) is 0 Å². The zero-order valence-electron chi connectivity index (χ0n) is 14.7. The number of rotatable bonds is 4. The Balaban J connectivity index is 1.56. The molecule has 0 unspecified atom stereocenters. The molecule has 4 rings (SSSR count). The van der Waals surface area contributed by atoms with E-state index in [0.29, 0.717) is 5.69 Å². The number of hydrogen-bond donors (Lipinski definition) is 1. The highest BCUT2D eigenvalue weighted by molar-refractivity contribution is 7.21. The highest BCUT2D eigenvalue weighted by Gasteiger charge is 2.17. The topological polar surface area (TPSA) is 42.0 Å². The number of aromatic nitrogens is 1. The van der Waals surface area contributed by atoms with E-state index in [2.05, 4.69) is 16.4 Å². The molecule has 3 nitrogen and oxygen atoms in total. The molecule has 0 spiro atoms. The molecule has 7 heteroatoms. The van der Waals surface area contributed by atoms with Crippen molar-refractivity contribution in [1.29, 1.82) is 0 Å². The molecule has 0 fully saturated rings. The number of amides is 1. The number of thiazole rings is 1. The van der Waals surface area contributed by atoms with Crippen molar-refractivity contribution in [2.75, 3.05) is 5.32 Å². The lowest BCUT2D eigenvalue weighted by Gasteiger charge is -2.08. The number of nitrogens with one attached hydrogen (secondary N) is 1. The van der Waals surface area contributed by atoms with Gasteiger partial charge in [0.05, 0.1) is 4.88 Å². The fourth-order valence-electron chi connectivity index (χ4n) is 2.86. The summed E-state index contributed by atoms with van der Waals surface area (Å²) in [6.45, 7) is 2.05. The molecule has 4 aromatic rings. The van der Waals surface area contributed by atoms with Gasteiger partial charge >= 0.3 is 0 Å². The van der Waals surface area contributed by atoms with Crippen molar-refractivity contribution in [3.63, 3.8) is 0 Å². The molecule has 0 atom stereocenters. The summed E-state index contributed by atoms with van der Waals surface area (Å²) in [5, 5.41) is 5.46. The fraction of sp³-hybridized carbons (Fsp3) is 0.0476. The van der Waals surface area contributed by atoms with Crippen molar-refractivity contribution in [3.05, 3.63) is 82.2 Å². The zero-order valence-corrected chi connectivity index (χ0v) is 16.3. The lowest BCUT2D eigenvalue weighted by atomic mass is 10.1. The van der Waals surface area contributed by atoms with E-state index >= 15 is 0 Å². The van der Waals surface area contributed by atoms with Gasteiger partial charge in [0, 0.05) is 22.1 Å². The second-order valence-electron chi connectivity index (χ2n) is 6.05. The summed E-state index contributed by atoms with van der Waals surface area (Å²) >= 11 is 3.27. The Morgan fingerprint density at radius 3 is 2.43 bits per heavy atom. The zero-order chi connectivity index (χ0) is 19.7. The molecule has 1 amide bonds. The van der Waals surface area contributed by atoms with Gasteiger partial charge < -0.3 is 5.32 Å². The molecule has 0 aliphatic carbocycles. The minimum atomic E-state index is -0.891. The highest BCUT2D eigenvalue weighted by Crippen LogP contribution is 2.37. The fourth-order valence-corrected chi connectivity index (χ4v) is 4.61. The van der Waals surface area contributed by atoms with E-state index in [1.807, 2.05) is 24.4 Å². The van der Waals surface area contributed by atoms with Crippen molar-refractivity contribution < 1.29 is 13.6 Å². The predicted molar refractivity (Wildman–Crippen MR) is 110 cm³/mol. The Morgan fingerprint density at radius 1 is 1.07 bits per heavy atom. The van der Waals surface area contributed by atoms with Gasteiger partial charge in [0.1, 0.15) is 22.2 Å². The summed E-state index contributed by atoms with van der Waals surface area (Å²) in [7, 11) is 0. The Kier molecular flexibility index (Phi) is 5.02. The second kappa shape index (κ2) is 7.61. The number of carbonyl (C=O) groups excluding carboxylic acids is 1. The molecule has 0 saturated heterocycles. The van der Waals surface area contributed by atoms with Gasteiger partial charge in [-0.2, -0.15) is 0 Å². The Hall–Kier alpha value is -2.90. The van der Waals surface area contributed by atoms with Gasteiger partial charge in [0.25, 0.3) is 5.91 Å². The standard InChI is InChI=1S/C21H14F2N2OS2/c1-12-15(11-18(28-12)21-24-9-10-27-21)13-5-7-14(8-6-13)25-20(26)19-16(22)3-2-4-17(19)23/h2-11H,1H3,(H,25,26). The van der Waals surface area contributed by atoms with Crippen LogP contribution in [0.4, 0.5) is 14.5 Å². The average Bonchev–Trinajstić information content (AvgIpc) is 3.32. The van der Waals surface area contributed by atoms with E-state index in [1.165, 1.54) is 6.07 Å². The van der Waals surface area contributed by atoms with Crippen LogP contribution >= 0.6 is 22.7 Å². The number of thiophene rings is 1. The first-order chi connectivity index (χ1) is 13.5. The molecular weight excluding hydrogens is 398 g/mol. The third kappa shape index (κ3) is 3.58. The summed E-state index contributed by atoms with van der Waals surface area (Å²) in [4.78, 5) is 18.8.